The molecule has 2 fully saturated rings. The lowest BCUT2D eigenvalue weighted by molar-refractivity contribution is -0.122. The fraction of sp³-hybridized carbons (Fsp3) is 0.417. The second-order valence-corrected chi connectivity index (χ2v) is 8.90. The highest BCUT2D eigenvalue weighted by atomic mass is 19.1. The van der Waals surface area contributed by atoms with Gasteiger partial charge < -0.3 is 19.7 Å². The molecule has 1 N–H and O–H groups in total. The minimum atomic E-state index is -0.732. The smallest absolute Gasteiger partial charge is 0.341 e. The van der Waals surface area contributed by atoms with E-state index in [2.05, 4.69) is 15.4 Å². The molecule has 0 spiro atoms. The van der Waals surface area contributed by atoms with Crippen molar-refractivity contribution in [2.45, 2.75) is 31.4 Å². The number of aromatic nitrogens is 1. The van der Waals surface area contributed by atoms with Crippen LogP contribution in [0.5, 0.6) is 5.75 Å². The summed E-state index contributed by atoms with van der Waals surface area (Å²) in [6, 6.07) is 3.37. The zero-order valence-electron chi connectivity index (χ0n) is 19.2. The van der Waals surface area contributed by atoms with Crippen molar-refractivity contribution in [3.63, 3.8) is 0 Å². The van der Waals surface area contributed by atoms with Gasteiger partial charge in [0.1, 0.15) is 23.6 Å². The summed E-state index contributed by atoms with van der Waals surface area (Å²) >= 11 is 0. The number of carbonyl (C=O) groups is 2. The van der Waals surface area contributed by atoms with Crippen LogP contribution in [-0.2, 0) is 9.53 Å². The highest BCUT2D eigenvalue weighted by Crippen LogP contribution is 2.32. The lowest BCUT2D eigenvalue weighted by Crippen LogP contribution is -2.58. The molecule has 1 unspecified atom stereocenters. The van der Waals surface area contributed by atoms with Crippen molar-refractivity contribution in [1.82, 2.24) is 14.9 Å². The van der Waals surface area contributed by atoms with Crippen LogP contribution in [0, 0.1) is 23.4 Å². The number of benzene rings is 1. The number of rotatable bonds is 5. The van der Waals surface area contributed by atoms with Crippen LogP contribution in [0.15, 0.2) is 35.6 Å². The number of anilines is 1. The van der Waals surface area contributed by atoms with E-state index in [0.29, 0.717) is 38.0 Å². The maximum absolute atomic E-state index is 14.3. The van der Waals surface area contributed by atoms with Gasteiger partial charge in [0.05, 0.1) is 25.3 Å². The maximum Gasteiger partial charge on any atom is 0.341 e. The Kier molecular flexibility index (Phi) is 6.77. The van der Waals surface area contributed by atoms with Gasteiger partial charge in [0.25, 0.3) is 0 Å². The fourth-order valence-corrected chi connectivity index (χ4v) is 4.40. The predicted octanol–water partition coefficient (Wildman–Crippen LogP) is 3.48. The number of urea groups is 1. The first-order chi connectivity index (χ1) is 17.4. The quantitative estimate of drug-likeness (QED) is 0.674. The van der Waals surface area contributed by atoms with E-state index in [0.717, 1.165) is 12.3 Å². The van der Waals surface area contributed by atoms with Gasteiger partial charge in [-0.1, -0.05) is 0 Å². The number of hydrazone groups is 1. The van der Waals surface area contributed by atoms with Crippen LogP contribution in [0.2, 0.25) is 0 Å². The molecule has 9 nitrogen and oxygen atoms in total. The lowest BCUT2D eigenvalue weighted by atomic mass is 9.99. The van der Waals surface area contributed by atoms with Crippen molar-refractivity contribution in [2.24, 2.45) is 11.0 Å². The Labute approximate surface area is 204 Å². The highest BCUT2D eigenvalue weighted by Gasteiger charge is 2.39. The summed E-state index contributed by atoms with van der Waals surface area (Å²) in [5.41, 5.74) is 0.306. The molecule has 0 radical (unpaired) electrons. The minimum absolute atomic E-state index is 0.0864. The van der Waals surface area contributed by atoms with Crippen molar-refractivity contribution >= 4 is 24.0 Å². The molecule has 1 aromatic heterocycles. The van der Waals surface area contributed by atoms with Crippen molar-refractivity contribution in [3.05, 3.63) is 53.5 Å². The SMILES string of the molecule is O=C(Nc1cc(OC2CN(C(=O)N3N=CCC3c3cc(F)cc(F)c3)C2)c(F)cn1)C1CCOCC1. The van der Waals surface area contributed by atoms with Crippen LogP contribution in [0.1, 0.15) is 30.9 Å². The average Bonchev–Trinajstić information content (AvgIpc) is 3.33. The van der Waals surface area contributed by atoms with E-state index in [1.807, 2.05) is 0 Å². The topological polar surface area (TPSA) is 96.4 Å². The number of amides is 3. The fourth-order valence-electron chi connectivity index (χ4n) is 4.40. The Balaban J connectivity index is 1.17. The van der Waals surface area contributed by atoms with E-state index in [9.17, 15) is 22.8 Å². The first-order valence-corrected chi connectivity index (χ1v) is 11.6. The van der Waals surface area contributed by atoms with Crippen LogP contribution in [0.25, 0.3) is 0 Å². The maximum atomic E-state index is 14.3. The normalized spacial score (nSPS) is 20.4. The summed E-state index contributed by atoms with van der Waals surface area (Å²) in [5.74, 6) is -2.47. The van der Waals surface area contributed by atoms with Crippen molar-refractivity contribution in [2.75, 3.05) is 31.6 Å². The molecule has 12 heteroatoms. The molecule has 1 aromatic carbocycles. The second kappa shape index (κ2) is 10.1. The predicted molar refractivity (Wildman–Crippen MR) is 122 cm³/mol. The van der Waals surface area contributed by atoms with E-state index < -0.39 is 35.6 Å². The summed E-state index contributed by atoms with van der Waals surface area (Å²) in [5, 5.41) is 7.94. The number of nitrogens with zero attached hydrogens (tertiary/aromatic N) is 4. The van der Waals surface area contributed by atoms with Gasteiger partial charge in [-0.2, -0.15) is 5.10 Å². The molecule has 3 amide bonds. The molecular weight excluding hydrogens is 479 g/mol. The third kappa shape index (κ3) is 5.13. The molecule has 2 aromatic rings. The summed E-state index contributed by atoms with van der Waals surface area (Å²) < 4.78 is 52.6. The van der Waals surface area contributed by atoms with E-state index in [-0.39, 0.29) is 36.5 Å². The van der Waals surface area contributed by atoms with Crippen LogP contribution in [0.4, 0.5) is 23.8 Å². The number of hydrogen-bond acceptors (Lipinski definition) is 6. The zero-order chi connectivity index (χ0) is 25.2. The molecule has 0 saturated carbocycles. The van der Waals surface area contributed by atoms with Crippen molar-refractivity contribution in [3.8, 4) is 5.75 Å². The van der Waals surface area contributed by atoms with Crippen LogP contribution in [0.3, 0.4) is 0 Å². The number of likely N-dealkylation sites (tertiary alicyclic amines) is 1. The molecule has 0 bridgehead atoms. The monoisotopic (exact) mass is 503 g/mol. The van der Waals surface area contributed by atoms with Gasteiger partial charge in [-0.05, 0) is 30.5 Å². The van der Waals surface area contributed by atoms with E-state index in [4.69, 9.17) is 9.47 Å². The molecule has 0 aliphatic carbocycles. The molecule has 36 heavy (non-hydrogen) atoms. The van der Waals surface area contributed by atoms with Gasteiger partial charge in [-0.25, -0.2) is 28.0 Å². The van der Waals surface area contributed by atoms with Crippen LogP contribution in [-0.4, -0.2) is 65.5 Å². The highest BCUT2D eigenvalue weighted by molar-refractivity contribution is 5.91. The van der Waals surface area contributed by atoms with Crippen LogP contribution >= 0.6 is 0 Å². The first-order valence-electron chi connectivity index (χ1n) is 11.6. The lowest BCUT2D eigenvalue weighted by Gasteiger charge is -2.41. The summed E-state index contributed by atoms with van der Waals surface area (Å²) in [6.07, 6.45) is 3.55. The Morgan fingerprint density at radius 2 is 1.78 bits per heavy atom. The van der Waals surface area contributed by atoms with E-state index in [1.54, 1.807) is 0 Å². The minimum Gasteiger partial charge on any atom is -0.483 e. The second-order valence-electron chi connectivity index (χ2n) is 8.90. The molecule has 3 aliphatic rings. The van der Waals surface area contributed by atoms with Gasteiger partial charge >= 0.3 is 6.03 Å². The standard InChI is InChI=1S/C24H24F3N5O4/c25-16-7-15(8-17(26)9-16)20-1-4-29-32(20)24(34)31-12-18(13-31)36-21-10-22(28-11-19(21)27)30-23(33)14-2-5-35-6-3-14/h4,7-11,14,18,20H,1-3,5-6,12-13H2,(H,28,30,33). The third-order valence-corrected chi connectivity index (χ3v) is 6.37. The third-order valence-electron chi connectivity index (χ3n) is 6.37. The van der Waals surface area contributed by atoms with Gasteiger partial charge in [0, 0.05) is 43.9 Å². The van der Waals surface area contributed by atoms with E-state index in [1.165, 1.54) is 34.3 Å². The number of pyridine rings is 1. The Bertz CT molecular complexity index is 1160. The number of carbonyl (C=O) groups excluding carboxylic acids is 2. The Morgan fingerprint density at radius 3 is 2.50 bits per heavy atom. The van der Waals surface area contributed by atoms with Crippen LogP contribution < -0.4 is 10.1 Å². The number of halogens is 3. The number of hydrogen-bond donors (Lipinski definition) is 1. The largest absolute Gasteiger partial charge is 0.483 e. The van der Waals surface area contributed by atoms with Gasteiger partial charge in [0.15, 0.2) is 11.6 Å². The van der Waals surface area contributed by atoms with Crippen molar-refractivity contribution < 1.29 is 32.2 Å². The summed E-state index contributed by atoms with van der Waals surface area (Å²) in [7, 11) is 0. The Hall–Kier alpha value is -3.67. The zero-order valence-corrected chi connectivity index (χ0v) is 19.2. The van der Waals surface area contributed by atoms with Gasteiger partial charge in [-0.15, -0.1) is 0 Å². The summed E-state index contributed by atoms with van der Waals surface area (Å²) in [6.45, 7) is 1.37. The molecule has 190 valence electrons. The van der Waals surface area contributed by atoms with Gasteiger partial charge in [-0.3, -0.25) is 4.79 Å². The first kappa shape index (κ1) is 24.0. The number of ether oxygens (including phenoxy) is 2. The number of nitrogens with one attached hydrogen (secondary N) is 1. The molecule has 1 atom stereocenters. The van der Waals surface area contributed by atoms with Crippen molar-refractivity contribution in [1.29, 1.82) is 0 Å². The average molecular weight is 503 g/mol. The molecule has 5 rings (SSSR count). The summed E-state index contributed by atoms with van der Waals surface area (Å²) in [4.78, 5) is 30.7. The van der Waals surface area contributed by atoms with Gasteiger partial charge in [0.2, 0.25) is 5.91 Å². The Morgan fingerprint density at radius 1 is 1.06 bits per heavy atom. The molecule has 3 aliphatic heterocycles. The molecule has 2 saturated heterocycles. The van der Waals surface area contributed by atoms with E-state index >= 15 is 0 Å². The molecule has 4 heterocycles. The molecular formula is C24H24F3N5O4.